The maximum absolute atomic E-state index is 13.7. The molecule has 0 saturated carbocycles. The van der Waals surface area contributed by atoms with Crippen molar-refractivity contribution in [3.8, 4) is 0 Å². The van der Waals surface area contributed by atoms with Gasteiger partial charge in [0.1, 0.15) is 18.4 Å². The van der Waals surface area contributed by atoms with Crippen molar-refractivity contribution in [3.63, 3.8) is 0 Å². The molecule has 2 aliphatic rings. The van der Waals surface area contributed by atoms with Crippen LogP contribution in [0.25, 0.3) is 6.08 Å². The number of rotatable bonds is 8. The lowest BCUT2D eigenvalue weighted by molar-refractivity contribution is -0.237. The molecule has 2 aliphatic heterocycles. The topological polar surface area (TPSA) is 147 Å². The van der Waals surface area contributed by atoms with Gasteiger partial charge in [-0.2, -0.15) is 0 Å². The molecule has 1 saturated heterocycles. The number of halogens is 1. The highest BCUT2D eigenvalue weighted by Gasteiger charge is 2.53. The van der Waals surface area contributed by atoms with Gasteiger partial charge in [-0.05, 0) is 29.8 Å². The van der Waals surface area contributed by atoms with Crippen LogP contribution in [0.4, 0.5) is 5.69 Å². The molecular weight excluding hydrogens is 616 g/mol. The third-order valence-corrected chi connectivity index (χ3v) is 7.65. The summed E-state index contributed by atoms with van der Waals surface area (Å²) in [6.07, 6.45) is -3.64. The molecule has 2 aromatic carbocycles. The fraction of sp³-hybridized carbons (Fsp3) is 0.333. The molecule has 14 heteroatoms. The van der Waals surface area contributed by atoms with Crippen molar-refractivity contribution >= 4 is 70.1 Å². The lowest BCUT2D eigenvalue weighted by atomic mass is 9.99. The number of aliphatic imine (C=N–C) groups is 1. The molecule has 0 bridgehead atoms. The number of esters is 4. The number of ether oxygens (including phenoxy) is 5. The summed E-state index contributed by atoms with van der Waals surface area (Å²) in [6, 6.07) is 15.6. The Balaban J connectivity index is 1.79. The second-order valence-electron chi connectivity index (χ2n) is 9.61. The Kier molecular flexibility index (Phi) is 10.8. The van der Waals surface area contributed by atoms with Gasteiger partial charge in [0.15, 0.2) is 28.9 Å². The molecule has 44 heavy (non-hydrogen) atoms. The molecular formula is C30H29ClN2O10S. The van der Waals surface area contributed by atoms with Crippen LogP contribution in [-0.2, 0) is 47.7 Å². The molecule has 0 aromatic heterocycles. The largest absolute Gasteiger partial charge is 0.463 e. The minimum atomic E-state index is -1.37. The summed E-state index contributed by atoms with van der Waals surface area (Å²) < 4.78 is 27.9. The fourth-order valence-corrected chi connectivity index (χ4v) is 5.89. The van der Waals surface area contributed by atoms with E-state index in [9.17, 15) is 24.0 Å². The van der Waals surface area contributed by atoms with Crippen molar-refractivity contribution in [3.05, 3.63) is 70.9 Å². The summed E-state index contributed by atoms with van der Waals surface area (Å²) in [6.45, 7) is 4.22. The first-order chi connectivity index (χ1) is 20.9. The highest BCUT2D eigenvalue weighted by molar-refractivity contribution is 8.14. The van der Waals surface area contributed by atoms with Gasteiger partial charge in [-0.1, -0.05) is 59.8 Å². The Hall–Kier alpha value is -4.20. The summed E-state index contributed by atoms with van der Waals surface area (Å²) in [5.74, 6) is -3.35. The molecule has 0 unspecified atom stereocenters. The van der Waals surface area contributed by atoms with Gasteiger partial charge >= 0.3 is 23.9 Å². The zero-order chi connectivity index (χ0) is 32.0. The molecule has 232 valence electrons. The number of amides is 1. The lowest BCUT2D eigenvalue weighted by Gasteiger charge is -2.44. The Labute approximate surface area is 262 Å². The van der Waals surface area contributed by atoms with Gasteiger partial charge in [-0.15, -0.1) is 0 Å². The van der Waals surface area contributed by atoms with Crippen LogP contribution in [0.2, 0.25) is 5.02 Å². The van der Waals surface area contributed by atoms with E-state index in [-0.39, 0.29) is 17.5 Å². The van der Waals surface area contributed by atoms with Crippen molar-refractivity contribution < 1.29 is 47.7 Å². The summed E-state index contributed by atoms with van der Waals surface area (Å²) in [5, 5.41) is 0.551. The van der Waals surface area contributed by atoms with Gasteiger partial charge in [0.05, 0.1) is 5.69 Å². The molecule has 0 aliphatic carbocycles. The van der Waals surface area contributed by atoms with Crippen LogP contribution in [0.5, 0.6) is 0 Å². The SMILES string of the molecule is CC(=O)OC[C@H]1O[C@@H](SC2=N/C(=C\c3ccccc3Cl)C(=O)N2c2ccccc2)[C@H](OC(C)=O)[C@@H](OC(C)=O)[C@@H]1OC(C)=O. The van der Waals surface area contributed by atoms with E-state index in [1.807, 2.05) is 0 Å². The van der Waals surface area contributed by atoms with Crippen LogP contribution < -0.4 is 4.90 Å². The van der Waals surface area contributed by atoms with Crippen molar-refractivity contribution in [2.75, 3.05) is 11.5 Å². The molecule has 1 amide bonds. The van der Waals surface area contributed by atoms with E-state index in [4.69, 9.17) is 35.3 Å². The number of benzene rings is 2. The molecule has 1 fully saturated rings. The molecule has 2 heterocycles. The third-order valence-electron chi connectivity index (χ3n) is 6.21. The highest BCUT2D eigenvalue weighted by Crippen LogP contribution is 2.39. The van der Waals surface area contributed by atoms with E-state index < -0.39 is 59.6 Å². The van der Waals surface area contributed by atoms with Gasteiger partial charge in [-0.25, -0.2) is 4.99 Å². The number of para-hydroxylation sites is 1. The van der Waals surface area contributed by atoms with Crippen LogP contribution in [0.1, 0.15) is 33.3 Å². The summed E-state index contributed by atoms with van der Waals surface area (Å²) in [7, 11) is 0. The van der Waals surface area contributed by atoms with Crippen LogP contribution in [-0.4, -0.2) is 71.4 Å². The minimum absolute atomic E-state index is 0.0649. The average Bonchev–Trinajstić information content (AvgIpc) is 3.25. The summed E-state index contributed by atoms with van der Waals surface area (Å²) in [4.78, 5) is 67.8. The summed E-state index contributed by atoms with van der Waals surface area (Å²) >= 11 is 7.24. The average molecular weight is 645 g/mol. The standard InChI is InChI=1S/C30H29ClN2O10S/c1-16(34)39-15-24-25(40-17(2)35)26(41-18(3)36)27(42-19(4)37)29(43-24)44-30-32-23(14-20-10-8-9-13-22(20)31)28(38)33(30)21-11-6-5-7-12-21/h5-14,24-27,29H,15H2,1-4H3/b23-14-/t24-,25-,26+,27-,29+/m1/s1. The zero-order valence-corrected chi connectivity index (χ0v) is 25.7. The highest BCUT2D eigenvalue weighted by atomic mass is 35.5. The second kappa shape index (κ2) is 14.5. The molecule has 5 atom stereocenters. The number of hydrogen-bond donors (Lipinski definition) is 0. The molecule has 0 spiro atoms. The molecule has 4 rings (SSSR count). The van der Waals surface area contributed by atoms with Crippen LogP contribution >= 0.6 is 23.4 Å². The van der Waals surface area contributed by atoms with Gasteiger partial charge in [0.25, 0.3) is 5.91 Å². The normalized spacial score (nSPS) is 24.0. The fourth-order valence-electron chi connectivity index (χ4n) is 4.51. The second-order valence-corrected chi connectivity index (χ2v) is 11.1. The first-order valence-corrected chi connectivity index (χ1v) is 14.6. The number of nitrogens with zero attached hydrogens (tertiary/aromatic N) is 2. The van der Waals surface area contributed by atoms with Gasteiger partial charge in [0, 0.05) is 32.7 Å². The van der Waals surface area contributed by atoms with E-state index in [2.05, 4.69) is 4.99 Å². The Bertz CT molecular complexity index is 1500. The van der Waals surface area contributed by atoms with Crippen molar-refractivity contribution in [1.82, 2.24) is 0 Å². The summed E-state index contributed by atoms with van der Waals surface area (Å²) in [5.41, 5.74) is -0.0760. The van der Waals surface area contributed by atoms with E-state index in [1.54, 1.807) is 60.7 Å². The third kappa shape index (κ3) is 8.04. The van der Waals surface area contributed by atoms with Crippen LogP contribution in [0.15, 0.2) is 65.3 Å². The Morgan fingerprint density at radius 3 is 2.07 bits per heavy atom. The smallest absolute Gasteiger partial charge is 0.303 e. The predicted octanol–water partition coefficient (Wildman–Crippen LogP) is 3.90. The van der Waals surface area contributed by atoms with Crippen LogP contribution in [0, 0.1) is 0 Å². The monoisotopic (exact) mass is 644 g/mol. The van der Waals surface area contributed by atoms with Crippen molar-refractivity contribution in [2.45, 2.75) is 57.5 Å². The maximum atomic E-state index is 13.7. The first-order valence-electron chi connectivity index (χ1n) is 13.4. The number of amidine groups is 1. The lowest BCUT2D eigenvalue weighted by Crippen LogP contribution is -2.61. The quantitative estimate of drug-likeness (QED) is 0.234. The van der Waals surface area contributed by atoms with Gasteiger partial charge in [-0.3, -0.25) is 28.9 Å². The number of hydrogen-bond acceptors (Lipinski definition) is 12. The Morgan fingerprint density at radius 2 is 1.45 bits per heavy atom. The van der Waals surface area contributed by atoms with Crippen molar-refractivity contribution in [2.24, 2.45) is 4.99 Å². The van der Waals surface area contributed by atoms with Gasteiger partial charge < -0.3 is 23.7 Å². The van der Waals surface area contributed by atoms with E-state index >= 15 is 0 Å². The number of carbonyl (C=O) groups is 5. The minimum Gasteiger partial charge on any atom is -0.463 e. The molecule has 0 N–H and O–H groups in total. The maximum Gasteiger partial charge on any atom is 0.303 e. The van der Waals surface area contributed by atoms with Crippen LogP contribution in [0.3, 0.4) is 0 Å². The van der Waals surface area contributed by atoms with E-state index in [0.29, 0.717) is 16.3 Å². The zero-order valence-electron chi connectivity index (χ0n) is 24.1. The van der Waals surface area contributed by atoms with E-state index in [0.717, 1.165) is 32.5 Å². The Morgan fingerprint density at radius 1 is 0.864 bits per heavy atom. The molecule has 0 radical (unpaired) electrons. The predicted molar refractivity (Wildman–Crippen MR) is 160 cm³/mol. The number of carbonyl (C=O) groups excluding carboxylic acids is 5. The molecule has 12 nitrogen and oxygen atoms in total. The van der Waals surface area contributed by atoms with Gasteiger partial charge in [0.2, 0.25) is 0 Å². The number of thioether (sulfide) groups is 1. The molecule has 2 aromatic rings. The van der Waals surface area contributed by atoms with Crippen molar-refractivity contribution in [1.29, 1.82) is 0 Å². The van der Waals surface area contributed by atoms with E-state index in [1.165, 1.54) is 11.8 Å². The first kappa shape index (κ1) is 32.7. The number of anilines is 1.